The van der Waals surface area contributed by atoms with Gasteiger partial charge < -0.3 is 5.21 Å². The largest absolute Gasteiger partial charge is 0.708 e. The molecule has 0 amide bonds. The van der Waals surface area contributed by atoms with Crippen molar-refractivity contribution in [2.45, 2.75) is 0 Å². The molecule has 0 saturated carbocycles. The molecule has 0 bridgehead atoms. The summed E-state index contributed by atoms with van der Waals surface area (Å²) < 4.78 is 1.95. The SMILES string of the molecule is O=c1ccn2ccccc2[n+]1[O-]. The van der Waals surface area contributed by atoms with Crippen molar-refractivity contribution in [3.63, 3.8) is 0 Å². The van der Waals surface area contributed by atoms with Crippen molar-refractivity contribution in [3.05, 3.63) is 52.2 Å². The maximum Gasteiger partial charge on any atom is 0.340 e. The number of pyridine rings is 1. The molecule has 12 heavy (non-hydrogen) atoms. The van der Waals surface area contributed by atoms with Gasteiger partial charge in [0.2, 0.25) is 0 Å². The molecule has 2 aromatic heterocycles. The lowest BCUT2D eigenvalue weighted by Gasteiger charge is -2.01. The summed E-state index contributed by atoms with van der Waals surface area (Å²) in [5, 5.41) is 11.1. The molecule has 0 spiro atoms. The smallest absolute Gasteiger partial charge is 0.340 e. The Bertz CT molecular complexity index is 476. The van der Waals surface area contributed by atoms with Crippen molar-refractivity contribution in [1.82, 2.24) is 4.40 Å². The van der Waals surface area contributed by atoms with Gasteiger partial charge in [0.15, 0.2) is 0 Å². The molecule has 0 atom stereocenters. The van der Waals surface area contributed by atoms with Crippen molar-refractivity contribution in [1.29, 1.82) is 0 Å². The third-order valence-electron chi connectivity index (χ3n) is 1.65. The molecular formula is C8H6N2O2. The Hall–Kier alpha value is -1.84. The Balaban J connectivity index is 3.01. The van der Waals surface area contributed by atoms with Crippen LogP contribution in [0.5, 0.6) is 0 Å². The topological polar surface area (TPSA) is 48.4 Å². The van der Waals surface area contributed by atoms with E-state index in [1.807, 2.05) is 0 Å². The van der Waals surface area contributed by atoms with Gasteiger partial charge in [-0.3, -0.25) is 0 Å². The number of hydrogen-bond donors (Lipinski definition) is 0. The molecule has 0 unspecified atom stereocenters. The molecule has 0 aliphatic carbocycles. The van der Waals surface area contributed by atoms with E-state index in [9.17, 15) is 10.0 Å². The van der Waals surface area contributed by atoms with Crippen LogP contribution in [0.25, 0.3) is 5.65 Å². The van der Waals surface area contributed by atoms with Gasteiger partial charge in [0, 0.05) is 6.07 Å². The normalized spacial score (nSPS) is 10.3. The monoisotopic (exact) mass is 162 g/mol. The van der Waals surface area contributed by atoms with Gasteiger partial charge in [0.05, 0.1) is 12.3 Å². The number of fused-ring (bicyclic) bond motifs is 1. The van der Waals surface area contributed by atoms with Crippen LogP contribution < -0.4 is 10.3 Å². The standard InChI is InChI=1S/C8H6N2O2/c11-8-4-6-9-5-2-1-3-7(9)10(8)12/h1-6H. The summed E-state index contributed by atoms with van der Waals surface area (Å²) in [7, 11) is 0. The summed E-state index contributed by atoms with van der Waals surface area (Å²) in [4.78, 5) is 10.9. The Morgan fingerprint density at radius 1 is 1.25 bits per heavy atom. The zero-order chi connectivity index (χ0) is 8.55. The highest BCUT2D eigenvalue weighted by Crippen LogP contribution is 1.92. The minimum Gasteiger partial charge on any atom is -0.708 e. The van der Waals surface area contributed by atoms with Gasteiger partial charge in [0.25, 0.3) is 5.65 Å². The van der Waals surface area contributed by atoms with Crippen molar-refractivity contribution in [3.8, 4) is 0 Å². The van der Waals surface area contributed by atoms with Crippen LogP contribution in [-0.4, -0.2) is 4.40 Å². The highest BCUT2D eigenvalue weighted by atomic mass is 16.5. The van der Waals surface area contributed by atoms with Crippen LogP contribution in [0.15, 0.2) is 41.5 Å². The molecule has 0 aliphatic heterocycles. The van der Waals surface area contributed by atoms with Crippen molar-refractivity contribution < 1.29 is 4.73 Å². The first-order chi connectivity index (χ1) is 5.79. The molecule has 0 fully saturated rings. The van der Waals surface area contributed by atoms with Gasteiger partial charge in [-0.2, -0.15) is 4.73 Å². The maximum atomic E-state index is 11.1. The van der Waals surface area contributed by atoms with E-state index in [2.05, 4.69) is 0 Å². The van der Waals surface area contributed by atoms with Crippen molar-refractivity contribution in [2.24, 2.45) is 0 Å². The van der Waals surface area contributed by atoms with E-state index in [0.29, 0.717) is 10.4 Å². The molecule has 0 saturated heterocycles. The number of rotatable bonds is 0. The van der Waals surface area contributed by atoms with Gasteiger partial charge in [0.1, 0.15) is 6.20 Å². The molecule has 4 heteroatoms. The summed E-state index contributed by atoms with van der Waals surface area (Å²) in [6.45, 7) is 0. The summed E-state index contributed by atoms with van der Waals surface area (Å²) in [5.41, 5.74) is -0.203. The highest BCUT2D eigenvalue weighted by Gasteiger charge is 2.01. The summed E-state index contributed by atoms with van der Waals surface area (Å²) >= 11 is 0. The fourth-order valence-electron chi connectivity index (χ4n) is 1.07. The zero-order valence-electron chi connectivity index (χ0n) is 6.18. The summed E-state index contributed by atoms with van der Waals surface area (Å²) in [6, 6.07) is 6.33. The van der Waals surface area contributed by atoms with Crippen molar-refractivity contribution >= 4 is 5.65 Å². The zero-order valence-corrected chi connectivity index (χ0v) is 6.18. The fourth-order valence-corrected chi connectivity index (χ4v) is 1.07. The molecule has 0 aromatic carbocycles. The number of hydrogen-bond acceptors (Lipinski definition) is 2. The lowest BCUT2D eigenvalue weighted by Crippen LogP contribution is -2.45. The number of aromatic nitrogens is 2. The summed E-state index contributed by atoms with van der Waals surface area (Å²) in [5.74, 6) is 0. The average Bonchev–Trinajstić information content (AvgIpc) is 2.12. The van der Waals surface area contributed by atoms with E-state index in [0.717, 1.165) is 0 Å². The fraction of sp³-hybridized carbons (Fsp3) is 0. The minimum atomic E-state index is -0.541. The third-order valence-corrected chi connectivity index (χ3v) is 1.65. The highest BCUT2D eigenvalue weighted by molar-refractivity contribution is 5.30. The maximum absolute atomic E-state index is 11.1. The molecule has 0 aliphatic rings. The Labute approximate surface area is 67.9 Å². The predicted molar refractivity (Wildman–Crippen MR) is 42.6 cm³/mol. The van der Waals surface area contributed by atoms with E-state index in [1.54, 1.807) is 35.0 Å². The molecule has 60 valence electrons. The van der Waals surface area contributed by atoms with Crippen LogP contribution in [0.4, 0.5) is 0 Å². The predicted octanol–water partition coefficient (Wildman–Crippen LogP) is -0.0671. The average molecular weight is 162 g/mol. The van der Waals surface area contributed by atoms with Gasteiger partial charge in [-0.25, -0.2) is 9.20 Å². The first kappa shape index (κ1) is 6.84. The lowest BCUT2D eigenvalue weighted by molar-refractivity contribution is -0.596. The minimum absolute atomic E-state index is 0.338. The quantitative estimate of drug-likeness (QED) is 0.402. The molecule has 0 radical (unpaired) electrons. The van der Waals surface area contributed by atoms with E-state index < -0.39 is 5.56 Å². The van der Waals surface area contributed by atoms with Crippen LogP contribution in [-0.2, 0) is 0 Å². The van der Waals surface area contributed by atoms with Gasteiger partial charge in [-0.15, -0.1) is 0 Å². The first-order valence-corrected chi connectivity index (χ1v) is 3.48. The Kier molecular flexibility index (Phi) is 1.33. The van der Waals surface area contributed by atoms with Gasteiger partial charge >= 0.3 is 5.56 Å². The molecular weight excluding hydrogens is 156 g/mol. The summed E-state index contributed by atoms with van der Waals surface area (Å²) in [6.07, 6.45) is 3.27. The first-order valence-electron chi connectivity index (χ1n) is 3.48. The lowest BCUT2D eigenvalue weighted by atomic mass is 10.4. The van der Waals surface area contributed by atoms with Crippen LogP contribution in [0.1, 0.15) is 0 Å². The molecule has 0 N–H and O–H groups in total. The van der Waals surface area contributed by atoms with E-state index in [1.165, 1.54) is 6.07 Å². The van der Waals surface area contributed by atoms with Gasteiger partial charge in [-0.1, -0.05) is 6.07 Å². The second-order valence-corrected chi connectivity index (χ2v) is 2.41. The second-order valence-electron chi connectivity index (χ2n) is 2.41. The molecule has 2 heterocycles. The Morgan fingerprint density at radius 3 is 2.92 bits per heavy atom. The molecule has 2 aromatic rings. The third kappa shape index (κ3) is 0.852. The Morgan fingerprint density at radius 2 is 2.08 bits per heavy atom. The van der Waals surface area contributed by atoms with E-state index >= 15 is 0 Å². The van der Waals surface area contributed by atoms with Crippen LogP contribution >= 0.6 is 0 Å². The molecule has 2 rings (SSSR count). The van der Waals surface area contributed by atoms with Crippen molar-refractivity contribution in [2.75, 3.05) is 0 Å². The van der Waals surface area contributed by atoms with Gasteiger partial charge in [-0.05, 0) is 6.07 Å². The van der Waals surface area contributed by atoms with Crippen LogP contribution in [0.3, 0.4) is 0 Å². The van der Waals surface area contributed by atoms with E-state index in [-0.39, 0.29) is 0 Å². The van der Waals surface area contributed by atoms with Crippen LogP contribution in [0, 0.1) is 5.21 Å². The second kappa shape index (κ2) is 2.34. The van der Waals surface area contributed by atoms with E-state index in [4.69, 9.17) is 0 Å². The molecule has 4 nitrogen and oxygen atoms in total. The van der Waals surface area contributed by atoms with Crippen LogP contribution in [0.2, 0.25) is 0 Å². The number of nitrogens with zero attached hydrogens (tertiary/aromatic N) is 2.